The van der Waals surface area contributed by atoms with Gasteiger partial charge in [-0.05, 0) is 35.9 Å². The van der Waals surface area contributed by atoms with Crippen molar-refractivity contribution < 1.29 is 22.0 Å². The van der Waals surface area contributed by atoms with Crippen molar-refractivity contribution in [2.45, 2.75) is 4.90 Å². The molecular weight excluding hydrogens is 374 g/mol. The Labute approximate surface area is 156 Å². The first-order valence-corrected chi connectivity index (χ1v) is 9.79. The van der Waals surface area contributed by atoms with Gasteiger partial charge in [0.1, 0.15) is 16.5 Å². The summed E-state index contributed by atoms with van der Waals surface area (Å²) in [6.45, 7) is 0.548. The largest absolute Gasteiger partial charge is 0.337 e. The quantitative estimate of drug-likeness (QED) is 0.752. The molecule has 27 heavy (non-hydrogen) atoms. The van der Waals surface area contributed by atoms with Gasteiger partial charge in [0.15, 0.2) is 0 Å². The molecule has 1 aliphatic rings. The molecule has 1 aliphatic heterocycles. The molecule has 1 fully saturated rings. The van der Waals surface area contributed by atoms with E-state index in [9.17, 15) is 22.0 Å². The highest BCUT2D eigenvalue weighted by Crippen LogP contribution is 2.20. The lowest BCUT2D eigenvalue weighted by Gasteiger charge is -2.33. The maximum absolute atomic E-state index is 13.8. The standard InChI is InChI=1S/C19H18F2N2O3S/c20-16-5-3-4-15(14-16)8-9-19(24)22-10-12-23(13-11-22)27(25,26)18-7-2-1-6-17(18)21/h1-9,14H,10-13H2. The Kier molecular flexibility index (Phi) is 5.67. The molecule has 1 saturated heterocycles. The maximum Gasteiger partial charge on any atom is 0.246 e. The first-order valence-electron chi connectivity index (χ1n) is 8.35. The second kappa shape index (κ2) is 7.98. The lowest BCUT2D eigenvalue weighted by Crippen LogP contribution is -2.50. The molecule has 1 amide bonds. The molecule has 8 heteroatoms. The predicted octanol–water partition coefficient (Wildman–Crippen LogP) is 2.51. The Morgan fingerprint density at radius 2 is 1.67 bits per heavy atom. The van der Waals surface area contributed by atoms with Crippen molar-refractivity contribution >= 4 is 22.0 Å². The van der Waals surface area contributed by atoms with Crippen LogP contribution in [0.15, 0.2) is 59.5 Å². The zero-order chi connectivity index (χ0) is 19.4. The summed E-state index contributed by atoms with van der Waals surface area (Å²) < 4.78 is 53.3. The summed E-state index contributed by atoms with van der Waals surface area (Å²) in [5.74, 6) is -1.48. The van der Waals surface area contributed by atoms with Crippen LogP contribution in [0, 0.1) is 11.6 Å². The number of halogens is 2. The van der Waals surface area contributed by atoms with Gasteiger partial charge in [-0.1, -0.05) is 24.3 Å². The summed E-state index contributed by atoms with van der Waals surface area (Å²) in [6, 6.07) is 11.1. The average Bonchev–Trinajstić information content (AvgIpc) is 2.66. The van der Waals surface area contributed by atoms with Gasteiger partial charge in [0.05, 0.1) is 0 Å². The summed E-state index contributed by atoms with van der Waals surface area (Å²) in [6.07, 6.45) is 2.84. The number of piperazine rings is 1. The van der Waals surface area contributed by atoms with Crippen LogP contribution in [-0.4, -0.2) is 49.7 Å². The number of carbonyl (C=O) groups is 1. The zero-order valence-electron chi connectivity index (χ0n) is 14.4. The van der Waals surface area contributed by atoms with Gasteiger partial charge in [-0.25, -0.2) is 17.2 Å². The molecular formula is C19H18F2N2O3S. The zero-order valence-corrected chi connectivity index (χ0v) is 15.2. The molecule has 2 aromatic carbocycles. The van der Waals surface area contributed by atoms with Crippen LogP contribution in [0.1, 0.15) is 5.56 Å². The van der Waals surface area contributed by atoms with E-state index in [1.165, 1.54) is 51.7 Å². The summed E-state index contributed by atoms with van der Waals surface area (Å²) in [7, 11) is -3.94. The summed E-state index contributed by atoms with van der Waals surface area (Å²) in [4.78, 5) is 13.4. The highest BCUT2D eigenvalue weighted by Gasteiger charge is 2.31. The molecule has 1 heterocycles. The second-order valence-corrected chi connectivity index (χ2v) is 7.95. The Morgan fingerprint density at radius 3 is 2.33 bits per heavy atom. The van der Waals surface area contributed by atoms with Gasteiger partial charge in [-0.3, -0.25) is 4.79 Å². The Hall–Kier alpha value is -2.58. The SMILES string of the molecule is O=C(C=Cc1cccc(F)c1)N1CCN(S(=O)(=O)c2ccccc2F)CC1. The highest BCUT2D eigenvalue weighted by molar-refractivity contribution is 7.89. The molecule has 0 atom stereocenters. The van der Waals surface area contributed by atoms with Crippen molar-refractivity contribution in [1.29, 1.82) is 0 Å². The molecule has 3 rings (SSSR count). The van der Waals surface area contributed by atoms with Crippen LogP contribution in [0.3, 0.4) is 0 Å². The summed E-state index contributed by atoms with van der Waals surface area (Å²) in [5, 5.41) is 0. The van der Waals surface area contributed by atoms with E-state index < -0.39 is 21.7 Å². The number of sulfonamides is 1. The third-order valence-electron chi connectivity index (χ3n) is 4.27. The van der Waals surface area contributed by atoms with Gasteiger partial charge in [-0.2, -0.15) is 4.31 Å². The van der Waals surface area contributed by atoms with Crippen LogP contribution in [0.4, 0.5) is 8.78 Å². The van der Waals surface area contributed by atoms with Gasteiger partial charge >= 0.3 is 0 Å². The van der Waals surface area contributed by atoms with Crippen LogP contribution in [0.25, 0.3) is 6.08 Å². The van der Waals surface area contributed by atoms with Crippen LogP contribution in [0.5, 0.6) is 0 Å². The molecule has 0 saturated carbocycles. The lowest BCUT2D eigenvalue weighted by molar-refractivity contribution is -0.127. The molecule has 0 aliphatic carbocycles. The molecule has 142 valence electrons. The highest BCUT2D eigenvalue weighted by atomic mass is 32.2. The molecule has 0 aromatic heterocycles. The molecule has 0 N–H and O–H groups in total. The molecule has 5 nitrogen and oxygen atoms in total. The van der Waals surface area contributed by atoms with E-state index >= 15 is 0 Å². The van der Waals surface area contributed by atoms with E-state index in [2.05, 4.69) is 0 Å². The van der Waals surface area contributed by atoms with E-state index in [1.807, 2.05) is 0 Å². The number of amides is 1. The van der Waals surface area contributed by atoms with Crippen molar-refractivity contribution in [3.8, 4) is 0 Å². The van der Waals surface area contributed by atoms with E-state index in [4.69, 9.17) is 0 Å². The minimum Gasteiger partial charge on any atom is -0.337 e. The Balaban J connectivity index is 1.63. The first-order chi connectivity index (χ1) is 12.9. The normalized spacial score (nSPS) is 16.0. The molecule has 0 radical (unpaired) electrons. The fraction of sp³-hybridized carbons (Fsp3) is 0.211. The van der Waals surface area contributed by atoms with Crippen molar-refractivity contribution in [2.75, 3.05) is 26.2 Å². The smallest absolute Gasteiger partial charge is 0.246 e. The molecule has 0 spiro atoms. The van der Waals surface area contributed by atoms with Gasteiger partial charge < -0.3 is 4.90 Å². The first kappa shape index (κ1) is 19.2. The van der Waals surface area contributed by atoms with Crippen LogP contribution < -0.4 is 0 Å². The van der Waals surface area contributed by atoms with E-state index in [-0.39, 0.29) is 37.0 Å². The van der Waals surface area contributed by atoms with Gasteiger partial charge in [-0.15, -0.1) is 0 Å². The number of rotatable bonds is 4. The van der Waals surface area contributed by atoms with Crippen LogP contribution >= 0.6 is 0 Å². The second-order valence-electron chi connectivity index (χ2n) is 6.05. The number of benzene rings is 2. The fourth-order valence-electron chi connectivity index (χ4n) is 2.83. The van der Waals surface area contributed by atoms with Crippen molar-refractivity contribution in [1.82, 2.24) is 9.21 Å². The average molecular weight is 392 g/mol. The topological polar surface area (TPSA) is 57.7 Å². The lowest BCUT2D eigenvalue weighted by atomic mass is 10.2. The number of hydrogen-bond acceptors (Lipinski definition) is 3. The van der Waals surface area contributed by atoms with Gasteiger partial charge in [0, 0.05) is 32.3 Å². The Bertz CT molecular complexity index is 968. The van der Waals surface area contributed by atoms with E-state index in [0.717, 1.165) is 6.07 Å². The van der Waals surface area contributed by atoms with Crippen molar-refractivity contribution in [3.05, 3.63) is 71.8 Å². The molecule has 0 bridgehead atoms. The monoisotopic (exact) mass is 392 g/mol. The predicted molar refractivity (Wildman–Crippen MR) is 97.2 cm³/mol. The number of nitrogens with zero attached hydrogens (tertiary/aromatic N) is 2. The molecule has 0 unspecified atom stereocenters. The van der Waals surface area contributed by atoms with E-state index in [1.54, 1.807) is 12.1 Å². The number of carbonyl (C=O) groups excluding carboxylic acids is 1. The van der Waals surface area contributed by atoms with E-state index in [0.29, 0.717) is 5.56 Å². The van der Waals surface area contributed by atoms with Crippen molar-refractivity contribution in [3.63, 3.8) is 0 Å². The third-order valence-corrected chi connectivity index (χ3v) is 6.20. The minimum atomic E-state index is -3.94. The van der Waals surface area contributed by atoms with Crippen LogP contribution in [-0.2, 0) is 14.8 Å². The summed E-state index contributed by atoms with van der Waals surface area (Å²) in [5.41, 5.74) is 0.559. The van der Waals surface area contributed by atoms with Gasteiger partial charge in [0.25, 0.3) is 0 Å². The summed E-state index contributed by atoms with van der Waals surface area (Å²) >= 11 is 0. The van der Waals surface area contributed by atoms with Crippen molar-refractivity contribution in [2.24, 2.45) is 0 Å². The fourth-order valence-corrected chi connectivity index (χ4v) is 4.31. The molecule has 2 aromatic rings. The third kappa shape index (κ3) is 4.40. The number of hydrogen-bond donors (Lipinski definition) is 0. The maximum atomic E-state index is 13.8. The van der Waals surface area contributed by atoms with Gasteiger partial charge in [0.2, 0.25) is 15.9 Å². The van der Waals surface area contributed by atoms with Crippen LogP contribution in [0.2, 0.25) is 0 Å². The minimum absolute atomic E-state index is 0.0796. The Morgan fingerprint density at radius 1 is 0.963 bits per heavy atom.